The number of para-hydroxylation sites is 2. The van der Waals surface area contributed by atoms with Crippen molar-refractivity contribution in [1.29, 1.82) is 0 Å². The molecule has 0 spiro atoms. The molecular weight excluding hydrogens is 270 g/mol. The van der Waals surface area contributed by atoms with Gasteiger partial charge in [0.25, 0.3) is 5.69 Å². The molecule has 1 aromatic rings. The Labute approximate surface area is 124 Å². The Morgan fingerprint density at radius 1 is 1.43 bits per heavy atom. The normalized spacial score (nSPS) is 14.2. The summed E-state index contributed by atoms with van der Waals surface area (Å²) in [6, 6.07) is 6.21. The molecule has 6 nitrogen and oxygen atoms in total. The molecule has 0 aromatic heterocycles. The van der Waals surface area contributed by atoms with E-state index in [4.69, 9.17) is 0 Å². The molecule has 0 saturated heterocycles. The highest BCUT2D eigenvalue weighted by molar-refractivity contribution is 5.94. The number of nitrogens with one attached hydrogen (secondary N) is 1. The van der Waals surface area contributed by atoms with Gasteiger partial charge < -0.3 is 5.32 Å². The van der Waals surface area contributed by atoms with E-state index in [0.29, 0.717) is 0 Å². The van der Waals surface area contributed by atoms with Gasteiger partial charge in [0.2, 0.25) is 5.91 Å². The smallest absolute Gasteiger partial charge is 0.292 e. The summed E-state index contributed by atoms with van der Waals surface area (Å²) in [6.07, 6.45) is 3.48. The molecule has 1 aromatic carbocycles. The number of amides is 1. The summed E-state index contributed by atoms with van der Waals surface area (Å²) >= 11 is 0. The summed E-state index contributed by atoms with van der Waals surface area (Å²) in [5.74, 6) is 0.522. The molecule has 2 rings (SSSR count). The number of rotatable bonds is 8. The second kappa shape index (κ2) is 7.17. The topological polar surface area (TPSA) is 75.5 Å². The van der Waals surface area contributed by atoms with Crippen LogP contribution in [0.2, 0.25) is 0 Å². The molecule has 21 heavy (non-hydrogen) atoms. The molecule has 0 radical (unpaired) electrons. The SMILES string of the molecule is CCCN(CC(=O)Nc1ccccc1[N+](=O)[O-])CC1CC1. The van der Waals surface area contributed by atoms with Crippen LogP contribution < -0.4 is 5.32 Å². The first-order valence-electron chi connectivity index (χ1n) is 7.35. The fraction of sp³-hybridized carbons (Fsp3) is 0.533. The van der Waals surface area contributed by atoms with E-state index >= 15 is 0 Å². The van der Waals surface area contributed by atoms with Crippen LogP contribution >= 0.6 is 0 Å². The van der Waals surface area contributed by atoms with Gasteiger partial charge in [0.15, 0.2) is 0 Å². The fourth-order valence-corrected chi connectivity index (χ4v) is 2.35. The zero-order valence-electron chi connectivity index (χ0n) is 12.2. The molecule has 0 unspecified atom stereocenters. The van der Waals surface area contributed by atoms with Crippen molar-refractivity contribution >= 4 is 17.3 Å². The number of nitro benzene ring substituents is 1. The van der Waals surface area contributed by atoms with Crippen LogP contribution in [0.25, 0.3) is 0 Å². The van der Waals surface area contributed by atoms with E-state index in [0.717, 1.165) is 25.4 Å². The number of nitrogens with zero attached hydrogens (tertiary/aromatic N) is 2. The highest BCUT2D eigenvalue weighted by Gasteiger charge is 2.25. The molecule has 114 valence electrons. The lowest BCUT2D eigenvalue weighted by atomic mass is 10.2. The van der Waals surface area contributed by atoms with E-state index < -0.39 is 4.92 Å². The Kier molecular flexibility index (Phi) is 5.27. The molecule has 0 atom stereocenters. The lowest BCUT2D eigenvalue weighted by molar-refractivity contribution is -0.383. The Bertz CT molecular complexity index is 515. The molecule has 6 heteroatoms. The number of benzene rings is 1. The summed E-state index contributed by atoms with van der Waals surface area (Å²) in [5.41, 5.74) is 0.186. The minimum absolute atomic E-state index is 0.0740. The van der Waals surface area contributed by atoms with Crippen molar-refractivity contribution in [2.45, 2.75) is 26.2 Å². The molecular formula is C15H21N3O3. The van der Waals surface area contributed by atoms with Crippen LogP contribution in [0.5, 0.6) is 0 Å². The summed E-state index contributed by atoms with van der Waals surface area (Å²) in [4.78, 5) is 24.7. The molecule has 1 aliphatic carbocycles. The van der Waals surface area contributed by atoms with Gasteiger partial charge in [-0.1, -0.05) is 19.1 Å². The highest BCUT2D eigenvalue weighted by Crippen LogP contribution is 2.29. The van der Waals surface area contributed by atoms with E-state index in [1.165, 1.54) is 18.9 Å². The standard InChI is InChI=1S/C15H21N3O3/c1-2-9-17(10-12-7-8-12)11-15(19)16-13-5-3-4-6-14(13)18(20)21/h3-6,12H,2,7-11H2,1H3,(H,16,19). The summed E-state index contributed by atoms with van der Waals surface area (Å²) in [7, 11) is 0. The number of hydrogen-bond donors (Lipinski definition) is 1. The van der Waals surface area contributed by atoms with Crippen molar-refractivity contribution in [1.82, 2.24) is 4.90 Å². The van der Waals surface area contributed by atoms with Gasteiger partial charge in [-0.3, -0.25) is 19.8 Å². The summed E-state index contributed by atoms with van der Waals surface area (Å²) in [5, 5.41) is 13.6. The number of anilines is 1. The second-order valence-corrected chi connectivity index (χ2v) is 5.50. The van der Waals surface area contributed by atoms with Gasteiger partial charge in [-0.2, -0.15) is 0 Å². The molecule has 1 N–H and O–H groups in total. The van der Waals surface area contributed by atoms with Crippen molar-refractivity contribution in [2.24, 2.45) is 5.92 Å². The monoisotopic (exact) mass is 291 g/mol. The maximum absolute atomic E-state index is 12.1. The van der Waals surface area contributed by atoms with Crippen LogP contribution in [0.3, 0.4) is 0 Å². The first-order chi connectivity index (χ1) is 10.1. The number of hydrogen-bond acceptors (Lipinski definition) is 4. The van der Waals surface area contributed by atoms with Gasteiger partial charge in [-0.15, -0.1) is 0 Å². The Morgan fingerprint density at radius 3 is 2.76 bits per heavy atom. The van der Waals surface area contributed by atoms with Gasteiger partial charge >= 0.3 is 0 Å². The van der Waals surface area contributed by atoms with Gasteiger partial charge in [0, 0.05) is 12.6 Å². The number of carbonyl (C=O) groups excluding carboxylic acids is 1. The molecule has 1 amide bonds. The number of nitro groups is 1. The predicted octanol–water partition coefficient (Wildman–Crippen LogP) is 2.66. The van der Waals surface area contributed by atoms with Gasteiger partial charge in [0.1, 0.15) is 5.69 Å². The highest BCUT2D eigenvalue weighted by atomic mass is 16.6. The Hall–Kier alpha value is -1.95. The third kappa shape index (κ3) is 4.82. The Morgan fingerprint density at radius 2 is 2.14 bits per heavy atom. The van der Waals surface area contributed by atoms with E-state index in [-0.39, 0.29) is 23.8 Å². The first-order valence-corrected chi connectivity index (χ1v) is 7.35. The van der Waals surface area contributed by atoms with Gasteiger partial charge in [-0.25, -0.2) is 0 Å². The maximum Gasteiger partial charge on any atom is 0.292 e. The van der Waals surface area contributed by atoms with E-state index in [2.05, 4.69) is 17.1 Å². The van der Waals surface area contributed by atoms with Crippen molar-refractivity contribution in [2.75, 3.05) is 25.0 Å². The van der Waals surface area contributed by atoms with Crippen molar-refractivity contribution in [3.63, 3.8) is 0 Å². The summed E-state index contributed by atoms with van der Waals surface area (Å²) in [6.45, 7) is 4.19. The average Bonchev–Trinajstić information content (AvgIpc) is 3.23. The molecule has 0 bridgehead atoms. The van der Waals surface area contributed by atoms with Crippen molar-refractivity contribution in [3.05, 3.63) is 34.4 Å². The molecule has 0 aliphatic heterocycles. The van der Waals surface area contributed by atoms with Gasteiger partial charge in [0.05, 0.1) is 11.5 Å². The van der Waals surface area contributed by atoms with E-state index in [1.807, 2.05) is 0 Å². The largest absolute Gasteiger partial charge is 0.319 e. The third-order valence-electron chi connectivity index (χ3n) is 3.50. The zero-order valence-corrected chi connectivity index (χ0v) is 12.2. The quantitative estimate of drug-likeness (QED) is 0.590. The van der Waals surface area contributed by atoms with E-state index in [9.17, 15) is 14.9 Å². The molecule has 1 aliphatic rings. The average molecular weight is 291 g/mol. The second-order valence-electron chi connectivity index (χ2n) is 5.50. The van der Waals surface area contributed by atoms with Crippen LogP contribution in [0, 0.1) is 16.0 Å². The fourth-order valence-electron chi connectivity index (χ4n) is 2.35. The Balaban J connectivity index is 1.95. The van der Waals surface area contributed by atoms with Crippen molar-refractivity contribution < 1.29 is 9.72 Å². The van der Waals surface area contributed by atoms with E-state index in [1.54, 1.807) is 18.2 Å². The zero-order chi connectivity index (χ0) is 15.2. The van der Waals surface area contributed by atoms with Crippen molar-refractivity contribution in [3.8, 4) is 0 Å². The molecule has 1 fully saturated rings. The lowest BCUT2D eigenvalue weighted by Crippen LogP contribution is -2.35. The molecule has 1 saturated carbocycles. The van der Waals surface area contributed by atoms with Crippen LogP contribution in [0.1, 0.15) is 26.2 Å². The number of carbonyl (C=O) groups is 1. The predicted molar refractivity (Wildman–Crippen MR) is 81.2 cm³/mol. The lowest BCUT2D eigenvalue weighted by Gasteiger charge is -2.20. The minimum Gasteiger partial charge on any atom is -0.319 e. The maximum atomic E-state index is 12.1. The third-order valence-corrected chi connectivity index (χ3v) is 3.50. The molecule has 0 heterocycles. The van der Waals surface area contributed by atoms with Gasteiger partial charge in [-0.05, 0) is 37.8 Å². The van der Waals surface area contributed by atoms with Crippen LogP contribution in [-0.4, -0.2) is 35.4 Å². The summed E-state index contributed by atoms with van der Waals surface area (Å²) < 4.78 is 0. The first kappa shape index (κ1) is 15.4. The van der Waals surface area contributed by atoms with Crippen LogP contribution in [-0.2, 0) is 4.79 Å². The van der Waals surface area contributed by atoms with Crippen LogP contribution in [0.4, 0.5) is 11.4 Å². The minimum atomic E-state index is -0.483. The van der Waals surface area contributed by atoms with Crippen LogP contribution in [0.15, 0.2) is 24.3 Å².